The average molecular weight is 162 g/mol. The van der Waals surface area contributed by atoms with Crippen molar-refractivity contribution in [3.63, 3.8) is 0 Å². The molecule has 0 aromatic carbocycles. The van der Waals surface area contributed by atoms with Gasteiger partial charge < -0.3 is 0 Å². The van der Waals surface area contributed by atoms with E-state index in [0.29, 0.717) is 0 Å². The van der Waals surface area contributed by atoms with Crippen LogP contribution in [0, 0.1) is 0 Å². The Kier molecular flexibility index (Phi) is 7.04. The van der Waals surface area contributed by atoms with Gasteiger partial charge in [-0.05, 0) is 13.3 Å². The summed E-state index contributed by atoms with van der Waals surface area (Å²) in [6, 6.07) is 0. The lowest BCUT2D eigenvalue weighted by Gasteiger charge is -1.92. The topological polar surface area (TPSA) is 12.4 Å². The van der Waals surface area contributed by atoms with Crippen LogP contribution in [0.2, 0.25) is 0 Å². The Balaban J connectivity index is 3.02. The molecule has 0 fully saturated rings. The maximum absolute atomic E-state index is 5.64. The van der Waals surface area contributed by atoms with E-state index in [2.05, 4.69) is 11.9 Å². The number of nitrogens with zero attached hydrogens (tertiary/aromatic N) is 1. The third-order valence-corrected chi connectivity index (χ3v) is 1.31. The fourth-order valence-electron chi connectivity index (χ4n) is 0.673. The quantitative estimate of drug-likeness (QED) is 0.334. The Morgan fingerprint density at radius 2 is 2.20 bits per heavy atom. The highest BCUT2D eigenvalue weighted by Crippen LogP contribution is 1.94. The summed E-state index contributed by atoms with van der Waals surface area (Å²) >= 11 is 5.64. The van der Waals surface area contributed by atoms with Gasteiger partial charge in [-0.1, -0.05) is 19.8 Å². The van der Waals surface area contributed by atoms with E-state index in [4.69, 9.17) is 11.6 Å². The molecule has 10 heavy (non-hydrogen) atoms. The summed E-state index contributed by atoms with van der Waals surface area (Å²) in [5.74, 6) is 0. The monoisotopic (exact) mass is 161 g/mol. The van der Waals surface area contributed by atoms with E-state index in [1.165, 1.54) is 19.3 Å². The predicted octanol–water partition coefficient (Wildman–Crippen LogP) is 2.87. The molecule has 0 aliphatic heterocycles. The van der Waals surface area contributed by atoms with Crippen LogP contribution < -0.4 is 0 Å². The molecule has 1 atom stereocenters. The van der Waals surface area contributed by atoms with E-state index in [1.807, 2.05) is 6.92 Å². The summed E-state index contributed by atoms with van der Waals surface area (Å²) in [7, 11) is 0. The van der Waals surface area contributed by atoms with Gasteiger partial charge in [-0.15, -0.1) is 11.6 Å². The molecule has 2 heteroatoms. The number of hydrogen-bond acceptors (Lipinski definition) is 1. The summed E-state index contributed by atoms with van der Waals surface area (Å²) in [5, 5.41) is 0.0848. The first-order chi connectivity index (χ1) is 4.77. The van der Waals surface area contributed by atoms with Gasteiger partial charge in [-0.3, -0.25) is 4.99 Å². The van der Waals surface area contributed by atoms with E-state index < -0.39 is 0 Å². The van der Waals surface area contributed by atoms with E-state index in [-0.39, 0.29) is 5.38 Å². The standard InChI is InChI=1S/C8H16ClN/c1-3-4-5-6-10-7-8(2)9/h7-8H,3-6H2,1-2H3. The lowest BCUT2D eigenvalue weighted by Crippen LogP contribution is -1.92. The van der Waals surface area contributed by atoms with Gasteiger partial charge in [-0.25, -0.2) is 0 Å². The van der Waals surface area contributed by atoms with E-state index in [0.717, 1.165) is 6.54 Å². The third-order valence-electron chi connectivity index (χ3n) is 1.20. The van der Waals surface area contributed by atoms with Crippen LogP contribution in [0.3, 0.4) is 0 Å². The second kappa shape index (κ2) is 7.07. The summed E-state index contributed by atoms with van der Waals surface area (Å²) in [6.45, 7) is 5.05. The van der Waals surface area contributed by atoms with E-state index in [9.17, 15) is 0 Å². The molecule has 0 heterocycles. The second-order valence-corrected chi connectivity index (χ2v) is 3.13. The van der Waals surface area contributed by atoms with Crippen molar-refractivity contribution in [2.24, 2.45) is 4.99 Å². The summed E-state index contributed by atoms with van der Waals surface area (Å²) in [6.07, 6.45) is 5.52. The number of unbranched alkanes of at least 4 members (excludes halogenated alkanes) is 2. The van der Waals surface area contributed by atoms with Crippen LogP contribution in [0.25, 0.3) is 0 Å². The molecule has 0 aromatic heterocycles. The SMILES string of the molecule is CCCCCN=CC(C)Cl. The van der Waals surface area contributed by atoms with Crippen LogP contribution in [-0.4, -0.2) is 18.1 Å². The van der Waals surface area contributed by atoms with Crippen molar-refractivity contribution in [1.82, 2.24) is 0 Å². The first kappa shape index (κ1) is 9.96. The van der Waals surface area contributed by atoms with E-state index >= 15 is 0 Å². The van der Waals surface area contributed by atoms with Crippen molar-refractivity contribution in [2.45, 2.75) is 38.5 Å². The first-order valence-electron chi connectivity index (χ1n) is 3.91. The van der Waals surface area contributed by atoms with Gasteiger partial charge in [-0.2, -0.15) is 0 Å². The molecule has 0 bridgehead atoms. The predicted molar refractivity (Wildman–Crippen MR) is 48.2 cm³/mol. The van der Waals surface area contributed by atoms with E-state index in [1.54, 1.807) is 6.21 Å². The van der Waals surface area contributed by atoms with Crippen molar-refractivity contribution < 1.29 is 0 Å². The number of alkyl halides is 1. The number of aliphatic imine (C=N–C) groups is 1. The van der Waals surface area contributed by atoms with Gasteiger partial charge >= 0.3 is 0 Å². The van der Waals surface area contributed by atoms with Gasteiger partial charge in [0.05, 0.1) is 5.38 Å². The second-order valence-electron chi connectivity index (χ2n) is 2.44. The Labute approximate surface area is 68.5 Å². The van der Waals surface area contributed by atoms with Gasteiger partial charge in [0.15, 0.2) is 0 Å². The van der Waals surface area contributed by atoms with Gasteiger partial charge in [0.2, 0.25) is 0 Å². The fraction of sp³-hybridized carbons (Fsp3) is 0.875. The summed E-state index contributed by atoms with van der Waals surface area (Å²) in [4.78, 5) is 4.15. The molecular weight excluding hydrogens is 146 g/mol. The molecule has 1 nitrogen and oxygen atoms in total. The van der Waals surface area contributed by atoms with Crippen LogP contribution >= 0.6 is 11.6 Å². The molecule has 0 radical (unpaired) electrons. The lowest BCUT2D eigenvalue weighted by atomic mass is 10.2. The molecule has 0 saturated heterocycles. The highest BCUT2D eigenvalue weighted by molar-refractivity contribution is 6.27. The van der Waals surface area contributed by atoms with Crippen LogP contribution in [0.4, 0.5) is 0 Å². The van der Waals surface area contributed by atoms with Gasteiger partial charge in [0, 0.05) is 12.8 Å². The fourth-order valence-corrected chi connectivity index (χ4v) is 0.753. The van der Waals surface area contributed by atoms with Crippen LogP contribution in [0.1, 0.15) is 33.1 Å². The first-order valence-corrected chi connectivity index (χ1v) is 4.35. The van der Waals surface area contributed by atoms with Crippen molar-refractivity contribution in [3.8, 4) is 0 Å². The van der Waals surface area contributed by atoms with Crippen molar-refractivity contribution in [2.75, 3.05) is 6.54 Å². The smallest absolute Gasteiger partial charge is 0.0655 e. The Morgan fingerprint density at radius 1 is 1.50 bits per heavy atom. The highest BCUT2D eigenvalue weighted by atomic mass is 35.5. The maximum Gasteiger partial charge on any atom is 0.0655 e. The Bertz CT molecular complexity index is 89.3. The minimum atomic E-state index is 0.0848. The van der Waals surface area contributed by atoms with Crippen LogP contribution in [-0.2, 0) is 0 Å². The lowest BCUT2D eigenvalue weighted by molar-refractivity contribution is 0.728. The Morgan fingerprint density at radius 3 is 2.70 bits per heavy atom. The molecule has 0 aromatic rings. The molecule has 60 valence electrons. The molecule has 0 rings (SSSR count). The third kappa shape index (κ3) is 7.96. The number of hydrogen-bond donors (Lipinski definition) is 0. The van der Waals surface area contributed by atoms with Crippen molar-refractivity contribution >= 4 is 17.8 Å². The molecule has 0 amide bonds. The van der Waals surface area contributed by atoms with Crippen LogP contribution in [0.15, 0.2) is 4.99 Å². The molecule has 0 saturated carbocycles. The Hall–Kier alpha value is -0.0400. The molecule has 0 spiro atoms. The van der Waals surface area contributed by atoms with Crippen molar-refractivity contribution in [3.05, 3.63) is 0 Å². The maximum atomic E-state index is 5.64. The number of halogens is 1. The zero-order valence-corrected chi connectivity index (χ0v) is 7.56. The summed E-state index contributed by atoms with van der Waals surface area (Å²) in [5.41, 5.74) is 0. The van der Waals surface area contributed by atoms with Crippen LogP contribution in [0.5, 0.6) is 0 Å². The number of rotatable bonds is 5. The normalized spacial score (nSPS) is 14.3. The minimum absolute atomic E-state index is 0.0848. The molecule has 1 unspecified atom stereocenters. The molecule has 0 aliphatic rings. The van der Waals surface area contributed by atoms with Gasteiger partial charge in [0.1, 0.15) is 0 Å². The minimum Gasteiger partial charge on any atom is -0.296 e. The molecule has 0 N–H and O–H groups in total. The zero-order valence-electron chi connectivity index (χ0n) is 6.81. The summed E-state index contributed by atoms with van der Waals surface area (Å²) < 4.78 is 0. The molecule has 0 aliphatic carbocycles. The highest BCUT2D eigenvalue weighted by Gasteiger charge is 1.86. The zero-order chi connectivity index (χ0) is 7.82. The van der Waals surface area contributed by atoms with Gasteiger partial charge in [0.25, 0.3) is 0 Å². The largest absolute Gasteiger partial charge is 0.296 e. The molecular formula is C8H16ClN. The van der Waals surface area contributed by atoms with Crippen molar-refractivity contribution in [1.29, 1.82) is 0 Å². The average Bonchev–Trinajstić information content (AvgIpc) is 1.87.